The van der Waals surface area contributed by atoms with Crippen LogP contribution in [0.5, 0.6) is 5.75 Å². The van der Waals surface area contributed by atoms with Crippen LogP contribution in [0, 0.1) is 0 Å². The summed E-state index contributed by atoms with van der Waals surface area (Å²) in [5, 5.41) is 0. The lowest BCUT2D eigenvalue weighted by Gasteiger charge is -2.07. The van der Waals surface area contributed by atoms with Gasteiger partial charge in [-0.25, -0.2) is 0 Å². The van der Waals surface area contributed by atoms with Gasteiger partial charge in [0.05, 0.1) is 13.0 Å². The minimum Gasteiger partial charge on any atom is -0.494 e. The maximum Gasteiger partial charge on any atom is 0.221 e. The fraction of sp³-hybridized carbons (Fsp3) is 0.417. The van der Waals surface area contributed by atoms with Crippen LogP contribution in [0.3, 0.4) is 0 Å². The lowest BCUT2D eigenvalue weighted by Crippen LogP contribution is -2.14. The highest BCUT2D eigenvalue weighted by molar-refractivity contribution is 5.77. The van der Waals surface area contributed by atoms with E-state index in [1.54, 1.807) is 0 Å². The van der Waals surface area contributed by atoms with Gasteiger partial charge in [-0.05, 0) is 13.0 Å². The summed E-state index contributed by atoms with van der Waals surface area (Å²) in [6.45, 7) is 6.50. The van der Waals surface area contributed by atoms with E-state index in [9.17, 15) is 4.79 Å². The van der Waals surface area contributed by atoms with E-state index < -0.39 is 0 Å². The van der Waals surface area contributed by atoms with Crippen molar-refractivity contribution in [2.45, 2.75) is 27.2 Å². The number of rotatable bonds is 4. The quantitative estimate of drug-likeness (QED) is 0.826. The molecule has 1 aromatic rings. The van der Waals surface area contributed by atoms with Crippen molar-refractivity contribution < 1.29 is 9.53 Å². The molecule has 0 aromatic heterocycles. The summed E-state index contributed by atoms with van der Waals surface area (Å²) < 4.78 is 5.33. The van der Waals surface area contributed by atoms with Crippen molar-refractivity contribution in [2.75, 3.05) is 6.61 Å². The first kappa shape index (κ1) is 13.5. The van der Waals surface area contributed by atoms with E-state index in [0.717, 1.165) is 11.3 Å². The van der Waals surface area contributed by atoms with E-state index in [-0.39, 0.29) is 12.3 Å². The molecule has 0 aliphatic rings. The zero-order valence-electron chi connectivity index (χ0n) is 9.62. The Morgan fingerprint density at radius 2 is 1.93 bits per heavy atom. The zero-order valence-corrected chi connectivity index (χ0v) is 9.62. The molecule has 0 aliphatic carbocycles. The van der Waals surface area contributed by atoms with E-state index in [1.165, 1.54) is 0 Å². The molecule has 84 valence electrons. The van der Waals surface area contributed by atoms with E-state index in [0.29, 0.717) is 6.61 Å². The molecule has 15 heavy (non-hydrogen) atoms. The molecular formula is C12H19NO2. The molecule has 1 amide bonds. The van der Waals surface area contributed by atoms with Crippen molar-refractivity contribution in [3.8, 4) is 5.75 Å². The first-order valence-corrected chi connectivity index (χ1v) is 5.23. The molecule has 0 aliphatic heterocycles. The molecular weight excluding hydrogens is 190 g/mol. The Morgan fingerprint density at radius 1 is 1.33 bits per heavy atom. The van der Waals surface area contributed by atoms with E-state index in [2.05, 4.69) is 0 Å². The van der Waals surface area contributed by atoms with Crippen LogP contribution < -0.4 is 10.5 Å². The fourth-order valence-corrected chi connectivity index (χ4v) is 1.13. The molecule has 0 saturated carbocycles. The van der Waals surface area contributed by atoms with Gasteiger partial charge in [0, 0.05) is 5.56 Å². The molecule has 0 radical (unpaired) electrons. The SMILES string of the molecule is CC.CCOc1ccccc1CC(N)=O. The molecule has 3 nitrogen and oxygen atoms in total. The van der Waals surface area contributed by atoms with Crippen LogP contribution in [0.2, 0.25) is 0 Å². The molecule has 1 aromatic carbocycles. The number of hydrogen-bond donors (Lipinski definition) is 1. The third kappa shape index (κ3) is 5.05. The molecule has 0 spiro atoms. The molecule has 0 fully saturated rings. The minimum absolute atomic E-state index is 0.232. The van der Waals surface area contributed by atoms with Crippen LogP contribution in [0.1, 0.15) is 26.3 Å². The lowest BCUT2D eigenvalue weighted by molar-refractivity contribution is -0.117. The highest BCUT2D eigenvalue weighted by Crippen LogP contribution is 2.17. The van der Waals surface area contributed by atoms with Crippen molar-refractivity contribution in [1.82, 2.24) is 0 Å². The standard InChI is InChI=1S/C10H13NO2.C2H6/c1-2-13-9-6-4-3-5-8(9)7-10(11)12;1-2/h3-6H,2,7H2,1H3,(H2,11,12);1-2H3. The average Bonchev–Trinajstić information content (AvgIpc) is 2.23. The number of para-hydroxylation sites is 1. The molecule has 2 N–H and O–H groups in total. The summed E-state index contributed by atoms with van der Waals surface area (Å²) >= 11 is 0. The van der Waals surface area contributed by atoms with Gasteiger partial charge >= 0.3 is 0 Å². The van der Waals surface area contributed by atoms with Gasteiger partial charge in [-0.1, -0.05) is 32.0 Å². The first-order chi connectivity index (χ1) is 7.24. The van der Waals surface area contributed by atoms with Gasteiger partial charge in [0.25, 0.3) is 0 Å². The van der Waals surface area contributed by atoms with E-state index in [4.69, 9.17) is 10.5 Å². The maximum absolute atomic E-state index is 10.7. The number of nitrogens with two attached hydrogens (primary N) is 1. The van der Waals surface area contributed by atoms with Crippen LogP contribution in [0.15, 0.2) is 24.3 Å². The summed E-state index contributed by atoms with van der Waals surface area (Å²) in [5.74, 6) is 0.399. The molecule has 3 heteroatoms. The Bertz CT molecular complexity index is 297. The van der Waals surface area contributed by atoms with Gasteiger partial charge in [-0.2, -0.15) is 0 Å². The lowest BCUT2D eigenvalue weighted by atomic mass is 10.1. The second kappa shape index (κ2) is 7.85. The van der Waals surface area contributed by atoms with E-state index >= 15 is 0 Å². The summed E-state index contributed by atoms with van der Waals surface area (Å²) in [4.78, 5) is 10.7. The number of amides is 1. The van der Waals surface area contributed by atoms with Crippen LogP contribution in [-0.2, 0) is 11.2 Å². The summed E-state index contributed by atoms with van der Waals surface area (Å²) in [6, 6.07) is 7.41. The Labute approximate surface area is 91.2 Å². The third-order valence-corrected chi connectivity index (χ3v) is 1.64. The number of hydrogen-bond acceptors (Lipinski definition) is 2. The van der Waals surface area contributed by atoms with Gasteiger partial charge in [0.1, 0.15) is 5.75 Å². The normalized spacial score (nSPS) is 8.73. The average molecular weight is 209 g/mol. The molecule has 0 bridgehead atoms. The molecule has 0 heterocycles. The highest BCUT2D eigenvalue weighted by atomic mass is 16.5. The topological polar surface area (TPSA) is 52.3 Å². The van der Waals surface area contributed by atoms with Crippen molar-refractivity contribution >= 4 is 5.91 Å². The second-order valence-corrected chi connectivity index (χ2v) is 2.68. The van der Waals surface area contributed by atoms with Crippen molar-refractivity contribution in [3.63, 3.8) is 0 Å². The van der Waals surface area contributed by atoms with Crippen LogP contribution >= 0.6 is 0 Å². The number of carbonyl (C=O) groups is 1. The van der Waals surface area contributed by atoms with Crippen LogP contribution in [0.4, 0.5) is 0 Å². The largest absolute Gasteiger partial charge is 0.494 e. The molecule has 1 rings (SSSR count). The highest BCUT2D eigenvalue weighted by Gasteiger charge is 2.04. The summed E-state index contributed by atoms with van der Waals surface area (Å²) in [6.07, 6.45) is 0.232. The van der Waals surface area contributed by atoms with Crippen molar-refractivity contribution in [2.24, 2.45) is 5.73 Å². The van der Waals surface area contributed by atoms with Crippen molar-refractivity contribution in [3.05, 3.63) is 29.8 Å². The smallest absolute Gasteiger partial charge is 0.221 e. The van der Waals surface area contributed by atoms with Crippen LogP contribution in [-0.4, -0.2) is 12.5 Å². The zero-order chi connectivity index (χ0) is 11.7. The van der Waals surface area contributed by atoms with Gasteiger partial charge < -0.3 is 10.5 Å². The molecule has 0 saturated heterocycles. The number of ether oxygens (including phenoxy) is 1. The Balaban J connectivity index is 0.000000921. The monoisotopic (exact) mass is 209 g/mol. The second-order valence-electron chi connectivity index (χ2n) is 2.68. The number of carbonyl (C=O) groups excluding carboxylic acids is 1. The Kier molecular flexibility index (Phi) is 7.06. The minimum atomic E-state index is -0.341. The van der Waals surface area contributed by atoms with E-state index in [1.807, 2.05) is 45.0 Å². The Morgan fingerprint density at radius 3 is 2.47 bits per heavy atom. The predicted molar refractivity (Wildman–Crippen MR) is 61.9 cm³/mol. The van der Waals surface area contributed by atoms with Crippen LogP contribution in [0.25, 0.3) is 0 Å². The van der Waals surface area contributed by atoms with Gasteiger partial charge in [-0.15, -0.1) is 0 Å². The Hall–Kier alpha value is -1.51. The molecule has 0 atom stereocenters. The van der Waals surface area contributed by atoms with Gasteiger partial charge in [0.15, 0.2) is 0 Å². The first-order valence-electron chi connectivity index (χ1n) is 5.23. The fourth-order valence-electron chi connectivity index (χ4n) is 1.13. The summed E-state index contributed by atoms with van der Waals surface area (Å²) in [5.41, 5.74) is 5.94. The van der Waals surface area contributed by atoms with Gasteiger partial charge in [0.2, 0.25) is 5.91 Å². The van der Waals surface area contributed by atoms with Gasteiger partial charge in [-0.3, -0.25) is 4.79 Å². The summed E-state index contributed by atoms with van der Waals surface area (Å²) in [7, 11) is 0. The predicted octanol–water partition coefficient (Wildman–Crippen LogP) is 2.14. The number of primary amides is 1. The molecule has 0 unspecified atom stereocenters. The van der Waals surface area contributed by atoms with Crippen molar-refractivity contribution in [1.29, 1.82) is 0 Å². The third-order valence-electron chi connectivity index (χ3n) is 1.64. The maximum atomic E-state index is 10.7. The number of benzene rings is 1.